The van der Waals surface area contributed by atoms with Crippen LogP contribution >= 0.6 is 0 Å². The molecule has 1 aliphatic heterocycles. The molecule has 1 unspecified atom stereocenters. The summed E-state index contributed by atoms with van der Waals surface area (Å²) in [5.41, 5.74) is 7.05. The Kier molecular flexibility index (Phi) is 5.27. The molecular formula is C23H27FN4. The molecule has 1 aliphatic rings. The molecule has 1 saturated heterocycles. The van der Waals surface area contributed by atoms with Gasteiger partial charge in [0.15, 0.2) is 0 Å². The molecule has 1 aromatic carbocycles. The van der Waals surface area contributed by atoms with E-state index in [2.05, 4.69) is 36.0 Å². The van der Waals surface area contributed by atoms with Gasteiger partial charge in [0.1, 0.15) is 5.82 Å². The molecule has 28 heavy (non-hydrogen) atoms. The van der Waals surface area contributed by atoms with Crippen LogP contribution in [-0.2, 0) is 20.0 Å². The molecule has 0 spiro atoms. The maximum atomic E-state index is 13.2. The second-order valence-corrected chi connectivity index (χ2v) is 7.85. The number of aromatic nitrogens is 3. The van der Waals surface area contributed by atoms with Crippen molar-refractivity contribution in [3.05, 3.63) is 82.2 Å². The molecule has 0 bridgehead atoms. The smallest absolute Gasteiger partial charge is 0.123 e. The van der Waals surface area contributed by atoms with Crippen LogP contribution < -0.4 is 0 Å². The first kappa shape index (κ1) is 18.8. The van der Waals surface area contributed by atoms with Crippen molar-refractivity contribution in [1.29, 1.82) is 0 Å². The van der Waals surface area contributed by atoms with Crippen molar-refractivity contribution in [2.24, 2.45) is 7.05 Å². The van der Waals surface area contributed by atoms with Crippen LogP contribution in [0, 0.1) is 19.7 Å². The van der Waals surface area contributed by atoms with E-state index in [9.17, 15) is 4.39 Å². The molecule has 1 fully saturated rings. The van der Waals surface area contributed by atoms with Gasteiger partial charge in [-0.3, -0.25) is 14.6 Å². The number of rotatable bonds is 5. The van der Waals surface area contributed by atoms with Gasteiger partial charge in [0.2, 0.25) is 0 Å². The lowest BCUT2D eigenvalue weighted by atomic mass is 10.0. The molecule has 0 amide bonds. The summed E-state index contributed by atoms with van der Waals surface area (Å²) >= 11 is 0. The third kappa shape index (κ3) is 3.99. The van der Waals surface area contributed by atoms with Crippen LogP contribution in [0.2, 0.25) is 0 Å². The summed E-state index contributed by atoms with van der Waals surface area (Å²) in [5.74, 6) is -0.192. The Morgan fingerprint density at radius 1 is 1.11 bits per heavy atom. The SMILES string of the molecule is Cc1cc(Cc2ccc(F)cc2)cc(C2CCCN2Cc2cnn(C)c2C)n1. The minimum absolute atomic E-state index is 0.192. The molecule has 5 heteroatoms. The Hall–Kier alpha value is -2.53. The van der Waals surface area contributed by atoms with E-state index in [0.29, 0.717) is 6.04 Å². The summed E-state index contributed by atoms with van der Waals surface area (Å²) in [5, 5.41) is 4.38. The fourth-order valence-corrected chi connectivity index (χ4v) is 4.15. The number of pyridine rings is 1. The quantitative estimate of drug-likeness (QED) is 0.656. The molecule has 0 aliphatic carbocycles. The Bertz CT molecular complexity index is 961. The first-order chi connectivity index (χ1) is 13.5. The van der Waals surface area contributed by atoms with Gasteiger partial charge in [0.25, 0.3) is 0 Å². The number of aryl methyl sites for hydroxylation is 2. The lowest BCUT2D eigenvalue weighted by Gasteiger charge is -2.24. The number of hydrogen-bond donors (Lipinski definition) is 0. The zero-order valence-corrected chi connectivity index (χ0v) is 16.8. The van der Waals surface area contributed by atoms with E-state index in [-0.39, 0.29) is 5.82 Å². The molecule has 3 heterocycles. The van der Waals surface area contributed by atoms with E-state index in [1.165, 1.54) is 35.4 Å². The first-order valence-electron chi connectivity index (χ1n) is 9.93. The zero-order chi connectivity index (χ0) is 19.7. The van der Waals surface area contributed by atoms with Gasteiger partial charge in [-0.1, -0.05) is 12.1 Å². The summed E-state index contributed by atoms with van der Waals surface area (Å²) in [6.07, 6.45) is 5.10. The highest BCUT2D eigenvalue weighted by molar-refractivity contribution is 5.30. The minimum Gasteiger partial charge on any atom is -0.290 e. The normalized spacial score (nSPS) is 17.4. The first-order valence-corrected chi connectivity index (χ1v) is 9.93. The van der Waals surface area contributed by atoms with E-state index in [1.54, 1.807) is 0 Å². The van der Waals surface area contributed by atoms with Crippen LogP contribution in [0.5, 0.6) is 0 Å². The molecule has 0 radical (unpaired) electrons. The van der Waals surface area contributed by atoms with Crippen molar-refractivity contribution in [2.45, 2.75) is 45.7 Å². The summed E-state index contributed by atoms with van der Waals surface area (Å²) in [7, 11) is 1.99. The fraction of sp³-hybridized carbons (Fsp3) is 0.391. The van der Waals surface area contributed by atoms with Gasteiger partial charge in [-0.2, -0.15) is 5.10 Å². The van der Waals surface area contributed by atoms with E-state index in [4.69, 9.17) is 4.98 Å². The minimum atomic E-state index is -0.192. The highest BCUT2D eigenvalue weighted by Gasteiger charge is 2.28. The average Bonchev–Trinajstić information content (AvgIpc) is 3.25. The average molecular weight is 378 g/mol. The molecule has 0 saturated carbocycles. The predicted octanol–water partition coefficient (Wildman–Crippen LogP) is 4.50. The molecule has 4 rings (SSSR count). The number of benzene rings is 1. The van der Waals surface area contributed by atoms with E-state index in [1.807, 2.05) is 30.1 Å². The van der Waals surface area contributed by atoms with Crippen LogP contribution in [0.4, 0.5) is 4.39 Å². The largest absolute Gasteiger partial charge is 0.290 e. The third-order valence-corrected chi connectivity index (χ3v) is 5.77. The molecule has 0 N–H and O–H groups in total. The summed E-state index contributed by atoms with van der Waals surface area (Å²) in [6, 6.07) is 11.5. The van der Waals surface area contributed by atoms with Crippen molar-refractivity contribution in [1.82, 2.24) is 19.7 Å². The fourth-order valence-electron chi connectivity index (χ4n) is 4.15. The number of likely N-dealkylation sites (tertiary alicyclic amines) is 1. The van der Waals surface area contributed by atoms with Crippen LogP contribution in [0.3, 0.4) is 0 Å². The zero-order valence-electron chi connectivity index (χ0n) is 16.8. The van der Waals surface area contributed by atoms with Gasteiger partial charge in [0, 0.05) is 30.5 Å². The Labute approximate surface area is 166 Å². The summed E-state index contributed by atoms with van der Waals surface area (Å²) < 4.78 is 15.1. The predicted molar refractivity (Wildman–Crippen MR) is 109 cm³/mol. The lowest BCUT2D eigenvalue weighted by molar-refractivity contribution is 0.243. The molecular weight excluding hydrogens is 351 g/mol. The summed E-state index contributed by atoms with van der Waals surface area (Å²) in [4.78, 5) is 7.39. The molecule has 1 atom stereocenters. The van der Waals surface area contributed by atoms with Gasteiger partial charge in [0.05, 0.1) is 17.9 Å². The van der Waals surface area contributed by atoms with Crippen LogP contribution in [-0.4, -0.2) is 26.2 Å². The highest BCUT2D eigenvalue weighted by atomic mass is 19.1. The standard InChI is InChI=1S/C23H27FN4/c1-16-11-19(12-18-6-8-21(24)9-7-18)13-22(26-16)23-5-4-10-28(23)15-20-14-25-27(3)17(20)2/h6-9,11,13-14,23H,4-5,10,12,15H2,1-3H3. The van der Waals surface area contributed by atoms with Crippen molar-refractivity contribution in [3.63, 3.8) is 0 Å². The third-order valence-electron chi connectivity index (χ3n) is 5.77. The van der Waals surface area contributed by atoms with Gasteiger partial charge < -0.3 is 0 Å². The monoisotopic (exact) mass is 378 g/mol. The van der Waals surface area contributed by atoms with E-state index < -0.39 is 0 Å². The van der Waals surface area contributed by atoms with Crippen LogP contribution in [0.1, 0.15) is 52.7 Å². The molecule has 4 nitrogen and oxygen atoms in total. The second kappa shape index (κ2) is 7.84. The van der Waals surface area contributed by atoms with Crippen molar-refractivity contribution in [3.8, 4) is 0 Å². The van der Waals surface area contributed by atoms with Gasteiger partial charge in [-0.15, -0.1) is 0 Å². The van der Waals surface area contributed by atoms with Crippen LogP contribution in [0.25, 0.3) is 0 Å². The van der Waals surface area contributed by atoms with Gasteiger partial charge in [-0.05, 0) is 75.0 Å². The molecule has 3 aromatic rings. The lowest BCUT2D eigenvalue weighted by Crippen LogP contribution is -2.24. The molecule has 2 aromatic heterocycles. The second-order valence-electron chi connectivity index (χ2n) is 7.85. The van der Waals surface area contributed by atoms with E-state index >= 15 is 0 Å². The maximum Gasteiger partial charge on any atom is 0.123 e. The van der Waals surface area contributed by atoms with Crippen molar-refractivity contribution < 1.29 is 4.39 Å². The van der Waals surface area contributed by atoms with Crippen LogP contribution in [0.15, 0.2) is 42.6 Å². The van der Waals surface area contributed by atoms with Gasteiger partial charge >= 0.3 is 0 Å². The van der Waals surface area contributed by atoms with Crippen molar-refractivity contribution in [2.75, 3.05) is 6.54 Å². The Morgan fingerprint density at radius 3 is 2.61 bits per heavy atom. The number of halogens is 1. The number of nitrogens with zero attached hydrogens (tertiary/aromatic N) is 4. The number of hydrogen-bond acceptors (Lipinski definition) is 3. The topological polar surface area (TPSA) is 34.0 Å². The van der Waals surface area contributed by atoms with E-state index in [0.717, 1.165) is 42.9 Å². The maximum absolute atomic E-state index is 13.2. The molecule has 146 valence electrons. The Morgan fingerprint density at radius 2 is 1.89 bits per heavy atom. The highest BCUT2D eigenvalue weighted by Crippen LogP contribution is 2.33. The van der Waals surface area contributed by atoms with Crippen molar-refractivity contribution >= 4 is 0 Å². The van der Waals surface area contributed by atoms with Gasteiger partial charge in [-0.25, -0.2) is 4.39 Å². The summed E-state index contributed by atoms with van der Waals surface area (Å²) in [6.45, 7) is 6.18. The Balaban J connectivity index is 1.56.